The molecule has 18 heavy (non-hydrogen) atoms. The molecule has 0 N–H and O–H groups in total. The fraction of sp³-hybridized carbons (Fsp3) is 0.846. The summed E-state index contributed by atoms with van der Waals surface area (Å²) in [4.78, 5) is 22.2. The quantitative estimate of drug-likeness (QED) is 0.340. The van der Waals surface area contributed by atoms with Gasteiger partial charge in [-0.15, -0.1) is 0 Å². The van der Waals surface area contributed by atoms with E-state index in [1.807, 2.05) is 21.1 Å². The average molecular weight is 259 g/mol. The third kappa shape index (κ3) is 10.1. The summed E-state index contributed by atoms with van der Waals surface area (Å²) in [5.41, 5.74) is 0. The molecule has 5 nitrogen and oxygen atoms in total. The first kappa shape index (κ1) is 16.9. The molecule has 0 spiro atoms. The van der Waals surface area contributed by atoms with Gasteiger partial charge in [0.2, 0.25) is 0 Å². The van der Waals surface area contributed by atoms with Gasteiger partial charge in [0.15, 0.2) is 6.10 Å². The first-order valence-electron chi connectivity index (χ1n) is 6.44. The normalized spacial score (nSPS) is 13.1. The van der Waals surface area contributed by atoms with Crippen LogP contribution in [0.4, 0.5) is 0 Å². The molecule has 5 heteroatoms. The minimum Gasteiger partial charge on any atom is -0.550 e. The lowest BCUT2D eigenvalue weighted by Crippen LogP contribution is -2.45. The molecular formula is C13H25NO4. The number of unbranched alkanes of at least 4 members (excludes halogenated alkanes) is 2. The molecule has 0 fully saturated rings. The number of likely N-dealkylation sites (N-methyl/N-ethyl adjacent to an activating group) is 1. The standard InChI is InChI=1S/C13H25NO4/c1-5-6-7-8-13(17)18-11(9-12(15)16)10-14(2,3)4/h11H,5-10H2,1-4H3/t11-/m0/s1. The Morgan fingerprint density at radius 3 is 2.28 bits per heavy atom. The van der Waals surface area contributed by atoms with Gasteiger partial charge < -0.3 is 19.1 Å². The SMILES string of the molecule is CCCCCC(=O)O[C@@H](CC(=O)[O-])C[N+](C)(C)C. The molecule has 0 aliphatic carbocycles. The molecule has 0 heterocycles. The van der Waals surface area contributed by atoms with Crippen molar-refractivity contribution < 1.29 is 23.9 Å². The summed E-state index contributed by atoms with van der Waals surface area (Å²) in [6, 6.07) is 0. The van der Waals surface area contributed by atoms with Crippen LogP contribution in [0.15, 0.2) is 0 Å². The molecule has 0 aliphatic rings. The van der Waals surface area contributed by atoms with Crippen LogP contribution in [0.1, 0.15) is 39.0 Å². The Morgan fingerprint density at radius 2 is 1.83 bits per heavy atom. The number of carboxylic acid groups (broad SMARTS) is 1. The van der Waals surface area contributed by atoms with E-state index in [-0.39, 0.29) is 12.4 Å². The second kappa shape index (κ2) is 8.08. The number of hydrogen-bond acceptors (Lipinski definition) is 4. The van der Waals surface area contributed by atoms with Gasteiger partial charge in [0, 0.05) is 18.8 Å². The van der Waals surface area contributed by atoms with Gasteiger partial charge in [-0.3, -0.25) is 4.79 Å². The molecule has 0 saturated carbocycles. The summed E-state index contributed by atoms with van der Waals surface area (Å²) in [6.45, 7) is 2.52. The maximum absolute atomic E-state index is 11.6. The fourth-order valence-corrected chi connectivity index (χ4v) is 1.70. The Balaban J connectivity index is 4.22. The molecule has 0 aromatic carbocycles. The number of quaternary nitrogens is 1. The van der Waals surface area contributed by atoms with Gasteiger partial charge in [0.25, 0.3) is 0 Å². The maximum Gasteiger partial charge on any atom is 0.306 e. The van der Waals surface area contributed by atoms with Crippen LogP contribution in [0.2, 0.25) is 0 Å². The van der Waals surface area contributed by atoms with E-state index in [1.165, 1.54) is 0 Å². The van der Waals surface area contributed by atoms with Gasteiger partial charge in [-0.1, -0.05) is 19.8 Å². The largest absolute Gasteiger partial charge is 0.550 e. The summed E-state index contributed by atoms with van der Waals surface area (Å²) >= 11 is 0. The molecule has 0 bridgehead atoms. The summed E-state index contributed by atoms with van der Waals surface area (Å²) in [7, 11) is 5.77. The monoisotopic (exact) mass is 259 g/mol. The zero-order valence-corrected chi connectivity index (χ0v) is 11.9. The number of esters is 1. The highest BCUT2D eigenvalue weighted by atomic mass is 16.5. The first-order valence-corrected chi connectivity index (χ1v) is 6.44. The van der Waals surface area contributed by atoms with Crippen LogP contribution < -0.4 is 5.11 Å². The minimum atomic E-state index is -1.19. The number of hydrogen-bond donors (Lipinski definition) is 0. The summed E-state index contributed by atoms with van der Waals surface area (Å²) < 4.78 is 5.75. The fourth-order valence-electron chi connectivity index (χ4n) is 1.70. The zero-order valence-electron chi connectivity index (χ0n) is 11.9. The van der Waals surface area contributed by atoms with Gasteiger partial charge in [-0.05, 0) is 6.42 Å². The molecule has 1 atom stereocenters. The molecule has 0 aromatic heterocycles. The number of rotatable bonds is 9. The van der Waals surface area contributed by atoms with Crippen LogP contribution in [-0.2, 0) is 14.3 Å². The maximum atomic E-state index is 11.6. The third-order valence-corrected chi connectivity index (χ3v) is 2.43. The second-order valence-corrected chi connectivity index (χ2v) is 5.62. The predicted molar refractivity (Wildman–Crippen MR) is 66.5 cm³/mol. The molecule has 0 rings (SSSR count). The molecule has 0 aliphatic heterocycles. The summed E-state index contributed by atoms with van der Waals surface area (Å²) in [5.74, 6) is -1.50. The Hall–Kier alpha value is -1.10. The van der Waals surface area contributed by atoms with E-state index in [9.17, 15) is 14.7 Å². The van der Waals surface area contributed by atoms with E-state index in [4.69, 9.17) is 4.74 Å². The van der Waals surface area contributed by atoms with Gasteiger partial charge >= 0.3 is 5.97 Å². The van der Waals surface area contributed by atoms with Crippen molar-refractivity contribution in [2.75, 3.05) is 27.7 Å². The van der Waals surface area contributed by atoms with Crippen molar-refractivity contribution in [3.8, 4) is 0 Å². The van der Waals surface area contributed by atoms with Crippen molar-refractivity contribution >= 4 is 11.9 Å². The summed E-state index contributed by atoms with van der Waals surface area (Å²) in [5, 5.41) is 10.6. The average Bonchev–Trinajstić information content (AvgIpc) is 2.13. The Kier molecular flexibility index (Phi) is 7.59. The predicted octanol–water partition coefficient (Wildman–Crippen LogP) is 0.325. The number of nitrogens with zero attached hydrogens (tertiary/aromatic N) is 1. The topological polar surface area (TPSA) is 66.4 Å². The van der Waals surface area contributed by atoms with Crippen LogP contribution in [-0.4, -0.2) is 50.2 Å². The van der Waals surface area contributed by atoms with Crippen LogP contribution in [0.3, 0.4) is 0 Å². The molecule has 0 amide bonds. The van der Waals surface area contributed by atoms with E-state index >= 15 is 0 Å². The Morgan fingerprint density at radius 1 is 1.22 bits per heavy atom. The summed E-state index contributed by atoms with van der Waals surface area (Å²) in [6.07, 6.45) is 2.31. The number of carboxylic acids is 1. The van der Waals surface area contributed by atoms with Crippen molar-refractivity contribution in [1.82, 2.24) is 0 Å². The molecule has 0 unspecified atom stereocenters. The Labute approximate surface area is 109 Å². The van der Waals surface area contributed by atoms with Crippen molar-refractivity contribution in [3.05, 3.63) is 0 Å². The van der Waals surface area contributed by atoms with Crippen LogP contribution >= 0.6 is 0 Å². The molecular weight excluding hydrogens is 234 g/mol. The lowest BCUT2D eigenvalue weighted by Gasteiger charge is -2.29. The van der Waals surface area contributed by atoms with Crippen LogP contribution in [0, 0.1) is 0 Å². The number of aliphatic carboxylic acids is 1. The lowest BCUT2D eigenvalue weighted by molar-refractivity contribution is -0.873. The number of carbonyl (C=O) groups is 2. The number of carbonyl (C=O) groups excluding carboxylic acids is 2. The highest BCUT2D eigenvalue weighted by molar-refractivity contribution is 5.70. The zero-order chi connectivity index (χ0) is 14.2. The minimum absolute atomic E-state index is 0.241. The number of ether oxygens (including phenoxy) is 1. The first-order chi connectivity index (χ1) is 8.24. The molecule has 106 valence electrons. The van der Waals surface area contributed by atoms with Gasteiger partial charge in [-0.2, -0.15) is 0 Å². The van der Waals surface area contributed by atoms with E-state index in [0.29, 0.717) is 17.4 Å². The van der Waals surface area contributed by atoms with Gasteiger partial charge in [0.05, 0.1) is 21.1 Å². The van der Waals surface area contributed by atoms with Gasteiger partial charge in [0.1, 0.15) is 6.54 Å². The highest BCUT2D eigenvalue weighted by Crippen LogP contribution is 2.08. The van der Waals surface area contributed by atoms with E-state index in [2.05, 4.69) is 6.92 Å². The van der Waals surface area contributed by atoms with Crippen molar-refractivity contribution in [3.63, 3.8) is 0 Å². The smallest absolute Gasteiger partial charge is 0.306 e. The third-order valence-electron chi connectivity index (χ3n) is 2.43. The second-order valence-electron chi connectivity index (χ2n) is 5.62. The van der Waals surface area contributed by atoms with Crippen molar-refractivity contribution in [2.24, 2.45) is 0 Å². The van der Waals surface area contributed by atoms with E-state index in [0.717, 1.165) is 19.3 Å². The van der Waals surface area contributed by atoms with Crippen LogP contribution in [0.5, 0.6) is 0 Å². The molecule has 0 saturated heterocycles. The van der Waals surface area contributed by atoms with Crippen molar-refractivity contribution in [1.29, 1.82) is 0 Å². The van der Waals surface area contributed by atoms with E-state index in [1.54, 1.807) is 0 Å². The highest BCUT2D eigenvalue weighted by Gasteiger charge is 2.22. The van der Waals surface area contributed by atoms with E-state index < -0.39 is 12.1 Å². The van der Waals surface area contributed by atoms with Crippen molar-refractivity contribution in [2.45, 2.75) is 45.1 Å². The lowest BCUT2D eigenvalue weighted by atomic mass is 10.2. The van der Waals surface area contributed by atoms with Crippen LogP contribution in [0.25, 0.3) is 0 Å². The Bertz CT molecular complexity index is 271. The van der Waals surface area contributed by atoms with Gasteiger partial charge in [-0.25, -0.2) is 0 Å². The molecule has 0 radical (unpaired) electrons. The molecule has 0 aromatic rings.